The second kappa shape index (κ2) is 11.5. The van der Waals surface area contributed by atoms with E-state index >= 15 is 0 Å². The second-order valence-corrected chi connectivity index (χ2v) is 9.98. The van der Waals surface area contributed by atoms with Gasteiger partial charge in [0.25, 0.3) is 0 Å². The van der Waals surface area contributed by atoms with E-state index in [2.05, 4.69) is 25.3 Å². The molecule has 1 fully saturated rings. The summed E-state index contributed by atoms with van der Waals surface area (Å²) in [4.78, 5) is 15.2. The van der Waals surface area contributed by atoms with Crippen molar-refractivity contribution in [3.63, 3.8) is 0 Å². The molecule has 1 aliphatic rings. The minimum atomic E-state index is -0.305. The lowest BCUT2D eigenvalue weighted by atomic mass is 10.1. The Morgan fingerprint density at radius 3 is 2.71 bits per heavy atom. The van der Waals surface area contributed by atoms with Gasteiger partial charge in [-0.15, -0.1) is 0 Å². The van der Waals surface area contributed by atoms with Gasteiger partial charge >= 0.3 is 0 Å². The predicted molar refractivity (Wildman–Crippen MR) is 141 cm³/mol. The lowest BCUT2D eigenvalue weighted by Gasteiger charge is -2.23. The number of nitrogens with zero attached hydrogens (tertiary/aromatic N) is 3. The molecule has 1 unspecified atom stereocenters. The number of hydrogen-bond acceptors (Lipinski definition) is 8. The van der Waals surface area contributed by atoms with Crippen LogP contribution >= 0.6 is 23.7 Å². The predicted octanol–water partition coefficient (Wildman–Crippen LogP) is 6.11. The number of benzene rings is 2. The highest BCUT2D eigenvalue weighted by molar-refractivity contribution is 8.00. The fourth-order valence-electron chi connectivity index (χ4n) is 3.76. The molecular formula is C26H25FN6S2. The molecule has 4 aromatic rings. The van der Waals surface area contributed by atoms with E-state index in [1.54, 1.807) is 18.5 Å². The SMILES string of the molecule is Fc1cc(NSc2ccccc2)ccc1Sc1ncccc1-c1ccnc(NC2CCCNC2)n1. The van der Waals surface area contributed by atoms with Gasteiger partial charge in [0.2, 0.25) is 5.95 Å². The average molecular weight is 505 g/mol. The Labute approximate surface area is 212 Å². The summed E-state index contributed by atoms with van der Waals surface area (Å²) in [6.45, 7) is 1.95. The Bertz CT molecular complexity index is 1270. The first-order valence-electron chi connectivity index (χ1n) is 11.5. The third kappa shape index (κ3) is 6.30. The maximum absolute atomic E-state index is 15.0. The van der Waals surface area contributed by atoms with Crippen LogP contribution in [-0.2, 0) is 0 Å². The molecule has 0 aliphatic carbocycles. The molecule has 3 heterocycles. The third-order valence-corrected chi connectivity index (χ3v) is 7.42. The van der Waals surface area contributed by atoms with E-state index in [1.807, 2.05) is 54.6 Å². The molecule has 1 saturated heterocycles. The molecule has 3 N–H and O–H groups in total. The summed E-state index contributed by atoms with van der Waals surface area (Å²) >= 11 is 2.73. The Hall–Kier alpha value is -3.14. The van der Waals surface area contributed by atoms with Crippen molar-refractivity contribution in [3.8, 4) is 11.3 Å². The highest BCUT2D eigenvalue weighted by Crippen LogP contribution is 2.36. The molecule has 2 aromatic carbocycles. The largest absolute Gasteiger partial charge is 0.350 e. The normalized spacial score (nSPS) is 15.5. The van der Waals surface area contributed by atoms with Crippen LogP contribution in [0.3, 0.4) is 0 Å². The first-order chi connectivity index (χ1) is 17.2. The molecule has 5 rings (SSSR count). The van der Waals surface area contributed by atoms with E-state index < -0.39 is 0 Å². The quantitative estimate of drug-likeness (QED) is 0.248. The van der Waals surface area contributed by atoms with Gasteiger partial charge in [0.1, 0.15) is 10.8 Å². The molecule has 0 bridgehead atoms. The number of anilines is 2. The van der Waals surface area contributed by atoms with Crippen LogP contribution in [0.15, 0.2) is 93.9 Å². The number of piperidine rings is 1. The Balaban J connectivity index is 1.31. The maximum atomic E-state index is 15.0. The van der Waals surface area contributed by atoms with Crippen LogP contribution in [0.1, 0.15) is 12.8 Å². The Morgan fingerprint density at radius 2 is 1.89 bits per heavy atom. The van der Waals surface area contributed by atoms with Gasteiger partial charge in [0, 0.05) is 46.0 Å². The zero-order chi connectivity index (χ0) is 23.9. The zero-order valence-electron chi connectivity index (χ0n) is 18.9. The van der Waals surface area contributed by atoms with Crippen LogP contribution in [0.4, 0.5) is 16.0 Å². The van der Waals surface area contributed by atoms with E-state index in [0.29, 0.717) is 27.6 Å². The van der Waals surface area contributed by atoms with Crippen molar-refractivity contribution in [2.45, 2.75) is 33.7 Å². The van der Waals surface area contributed by atoms with Crippen LogP contribution in [0.25, 0.3) is 11.3 Å². The smallest absolute Gasteiger partial charge is 0.223 e. The van der Waals surface area contributed by atoms with E-state index in [4.69, 9.17) is 4.98 Å². The topological polar surface area (TPSA) is 74.8 Å². The van der Waals surface area contributed by atoms with Crippen molar-refractivity contribution in [2.24, 2.45) is 0 Å². The number of hydrogen-bond donors (Lipinski definition) is 3. The summed E-state index contributed by atoms with van der Waals surface area (Å²) in [6.07, 6.45) is 5.67. The summed E-state index contributed by atoms with van der Waals surface area (Å²) in [5, 5.41) is 7.50. The summed E-state index contributed by atoms with van der Waals surface area (Å²) in [5.74, 6) is 0.286. The first kappa shape index (κ1) is 23.6. The summed E-state index contributed by atoms with van der Waals surface area (Å²) in [5.41, 5.74) is 2.29. The molecule has 0 saturated carbocycles. The minimum Gasteiger partial charge on any atom is -0.350 e. The van der Waals surface area contributed by atoms with Gasteiger partial charge in [0.05, 0.1) is 5.69 Å². The molecule has 178 valence electrons. The van der Waals surface area contributed by atoms with Crippen molar-refractivity contribution in [1.29, 1.82) is 0 Å². The van der Waals surface area contributed by atoms with Crippen LogP contribution in [-0.4, -0.2) is 34.1 Å². The van der Waals surface area contributed by atoms with Crippen molar-refractivity contribution in [3.05, 3.63) is 84.9 Å². The lowest BCUT2D eigenvalue weighted by molar-refractivity contribution is 0.478. The molecule has 6 nitrogen and oxygen atoms in total. The molecule has 0 radical (unpaired) electrons. The number of nitrogens with one attached hydrogen (secondary N) is 3. The molecule has 9 heteroatoms. The van der Waals surface area contributed by atoms with E-state index in [-0.39, 0.29) is 5.82 Å². The summed E-state index contributed by atoms with van der Waals surface area (Å²) in [7, 11) is 0. The van der Waals surface area contributed by atoms with Crippen molar-refractivity contribution in [1.82, 2.24) is 20.3 Å². The van der Waals surface area contributed by atoms with Crippen molar-refractivity contribution < 1.29 is 4.39 Å². The Kier molecular flexibility index (Phi) is 7.77. The molecular weight excluding hydrogens is 479 g/mol. The van der Waals surface area contributed by atoms with Gasteiger partial charge in [-0.3, -0.25) is 0 Å². The summed E-state index contributed by atoms with van der Waals surface area (Å²) < 4.78 is 18.2. The number of pyridine rings is 1. The maximum Gasteiger partial charge on any atom is 0.223 e. The van der Waals surface area contributed by atoms with Crippen LogP contribution in [0, 0.1) is 5.82 Å². The van der Waals surface area contributed by atoms with Crippen LogP contribution < -0.4 is 15.4 Å². The second-order valence-electron chi connectivity index (χ2n) is 8.07. The first-order valence-corrected chi connectivity index (χ1v) is 13.1. The van der Waals surface area contributed by atoms with E-state index in [0.717, 1.165) is 42.1 Å². The molecule has 1 aliphatic heterocycles. The van der Waals surface area contributed by atoms with Crippen molar-refractivity contribution >= 4 is 35.3 Å². The van der Waals surface area contributed by atoms with E-state index in [9.17, 15) is 4.39 Å². The van der Waals surface area contributed by atoms with Gasteiger partial charge < -0.3 is 15.4 Å². The number of halogens is 1. The highest BCUT2D eigenvalue weighted by atomic mass is 32.2. The number of aromatic nitrogens is 3. The monoisotopic (exact) mass is 504 g/mol. The lowest BCUT2D eigenvalue weighted by Crippen LogP contribution is -2.38. The fraction of sp³-hybridized carbons (Fsp3) is 0.192. The van der Waals surface area contributed by atoms with Gasteiger partial charge in [-0.2, -0.15) is 0 Å². The highest BCUT2D eigenvalue weighted by Gasteiger charge is 2.16. The Morgan fingerprint density at radius 1 is 0.971 bits per heavy atom. The van der Waals surface area contributed by atoms with Gasteiger partial charge in [-0.25, -0.2) is 19.3 Å². The molecule has 35 heavy (non-hydrogen) atoms. The molecule has 0 amide bonds. The van der Waals surface area contributed by atoms with Gasteiger partial charge in [0.15, 0.2) is 0 Å². The van der Waals surface area contributed by atoms with E-state index in [1.165, 1.54) is 29.8 Å². The molecule has 2 aromatic heterocycles. The zero-order valence-corrected chi connectivity index (χ0v) is 20.6. The third-order valence-electron chi connectivity index (χ3n) is 5.50. The van der Waals surface area contributed by atoms with Gasteiger partial charge in [-0.1, -0.05) is 30.0 Å². The average Bonchev–Trinajstić information content (AvgIpc) is 2.90. The number of rotatable bonds is 8. The fourth-order valence-corrected chi connectivity index (χ4v) is 5.31. The molecule has 1 atom stereocenters. The standard InChI is InChI=1S/C26H25FN6S2/c27-22-16-18(33-35-20-7-2-1-3-8-20)10-11-24(22)34-25-21(9-5-14-29-25)23-12-15-30-26(32-23)31-19-6-4-13-28-17-19/h1-3,5,7-12,14-16,19,28,33H,4,6,13,17H2,(H,30,31,32). The van der Waals surface area contributed by atoms with Crippen LogP contribution in [0.2, 0.25) is 0 Å². The van der Waals surface area contributed by atoms with Crippen LogP contribution in [0.5, 0.6) is 0 Å². The van der Waals surface area contributed by atoms with Gasteiger partial charge in [-0.05, 0) is 79.9 Å². The minimum absolute atomic E-state index is 0.305. The van der Waals surface area contributed by atoms with Crippen molar-refractivity contribution in [2.75, 3.05) is 23.1 Å². The molecule has 0 spiro atoms. The summed E-state index contributed by atoms with van der Waals surface area (Å²) in [6, 6.07) is 21.0.